The molecule has 0 saturated carbocycles. The van der Waals surface area contributed by atoms with Crippen LogP contribution in [0.1, 0.15) is 65.7 Å². The van der Waals surface area contributed by atoms with Crippen LogP contribution in [0.3, 0.4) is 0 Å². The van der Waals surface area contributed by atoms with Crippen LogP contribution in [0.15, 0.2) is 42.5 Å². The Kier molecular flexibility index (Phi) is 6.19. The number of hydrogen-bond donors (Lipinski definition) is 1. The standard InChI is InChI=1S/C25H32N2O2/c1-3-4-14-29-23-11-9-18(10-12-23)25(28)27(2)22-16-19-7-8-20(15-21(19)17-22)24-6-5-13-26-24/h7-12,15,22,24,26H,3-6,13-14,16-17H2,1-2H3/t22-,24?/m1/s1. The van der Waals surface area contributed by atoms with Crippen LogP contribution in [0.25, 0.3) is 0 Å². The summed E-state index contributed by atoms with van der Waals surface area (Å²) in [5.41, 5.74) is 4.91. The molecule has 4 heteroatoms. The molecule has 0 radical (unpaired) electrons. The molecule has 0 aromatic heterocycles. The summed E-state index contributed by atoms with van der Waals surface area (Å²) in [5, 5.41) is 3.58. The van der Waals surface area contributed by atoms with Crippen LogP contribution in [0.5, 0.6) is 5.75 Å². The van der Waals surface area contributed by atoms with Gasteiger partial charge in [-0.2, -0.15) is 0 Å². The molecular formula is C25H32N2O2. The molecule has 154 valence electrons. The third-order valence-corrected chi connectivity index (χ3v) is 6.34. The largest absolute Gasteiger partial charge is 0.494 e. The van der Waals surface area contributed by atoms with Crippen molar-refractivity contribution in [2.75, 3.05) is 20.2 Å². The summed E-state index contributed by atoms with van der Waals surface area (Å²) in [5.74, 6) is 0.916. The molecule has 1 N–H and O–H groups in total. The van der Waals surface area contributed by atoms with Crippen molar-refractivity contribution in [3.05, 3.63) is 64.7 Å². The van der Waals surface area contributed by atoms with Gasteiger partial charge in [0.05, 0.1) is 6.61 Å². The van der Waals surface area contributed by atoms with Gasteiger partial charge in [-0.25, -0.2) is 0 Å². The van der Waals surface area contributed by atoms with Gasteiger partial charge in [0.1, 0.15) is 5.75 Å². The molecule has 1 aliphatic carbocycles. The maximum absolute atomic E-state index is 13.0. The Morgan fingerprint density at radius 3 is 2.66 bits per heavy atom. The highest BCUT2D eigenvalue weighted by molar-refractivity contribution is 5.94. The lowest BCUT2D eigenvalue weighted by atomic mass is 10.0. The van der Waals surface area contributed by atoms with E-state index in [2.05, 4.69) is 30.4 Å². The summed E-state index contributed by atoms with van der Waals surface area (Å²) in [7, 11) is 1.93. The Morgan fingerprint density at radius 1 is 1.14 bits per heavy atom. The van der Waals surface area contributed by atoms with Crippen molar-refractivity contribution in [1.29, 1.82) is 0 Å². The number of hydrogen-bond acceptors (Lipinski definition) is 3. The van der Waals surface area contributed by atoms with Gasteiger partial charge in [-0.15, -0.1) is 0 Å². The molecule has 4 nitrogen and oxygen atoms in total. The lowest BCUT2D eigenvalue weighted by Crippen LogP contribution is -2.37. The third-order valence-electron chi connectivity index (χ3n) is 6.34. The van der Waals surface area contributed by atoms with Crippen molar-refractivity contribution >= 4 is 5.91 Å². The first-order valence-corrected chi connectivity index (χ1v) is 11.0. The van der Waals surface area contributed by atoms with E-state index in [1.165, 1.54) is 29.5 Å². The van der Waals surface area contributed by atoms with Crippen LogP contribution in [-0.4, -0.2) is 37.0 Å². The Labute approximate surface area is 174 Å². The second kappa shape index (κ2) is 9.00. The monoisotopic (exact) mass is 392 g/mol. The van der Waals surface area contributed by atoms with Gasteiger partial charge in [-0.1, -0.05) is 31.5 Å². The second-order valence-electron chi connectivity index (χ2n) is 8.38. The number of rotatable bonds is 7. The first-order chi connectivity index (χ1) is 14.2. The number of benzene rings is 2. The summed E-state index contributed by atoms with van der Waals surface area (Å²) in [4.78, 5) is 14.9. The normalized spacial score (nSPS) is 20.5. The predicted octanol–water partition coefficient (Wildman–Crippen LogP) is 4.53. The van der Waals surface area contributed by atoms with E-state index >= 15 is 0 Å². The van der Waals surface area contributed by atoms with E-state index in [0.29, 0.717) is 6.04 Å². The number of unbranched alkanes of at least 4 members (excludes halogenated alkanes) is 1. The van der Waals surface area contributed by atoms with E-state index in [1.807, 2.05) is 36.2 Å². The maximum atomic E-state index is 13.0. The number of likely N-dealkylation sites (N-methyl/N-ethyl adjacent to an activating group) is 1. The highest BCUT2D eigenvalue weighted by atomic mass is 16.5. The predicted molar refractivity (Wildman–Crippen MR) is 117 cm³/mol. The van der Waals surface area contributed by atoms with Crippen molar-refractivity contribution in [3.8, 4) is 5.75 Å². The zero-order chi connectivity index (χ0) is 20.2. The fourth-order valence-corrected chi connectivity index (χ4v) is 4.47. The SMILES string of the molecule is CCCCOc1ccc(C(=O)N(C)[C@@H]2Cc3ccc(C4CCCN4)cc3C2)cc1. The minimum Gasteiger partial charge on any atom is -0.494 e. The highest BCUT2D eigenvalue weighted by Gasteiger charge is 2.29. The maximum Gasteiger partial charge on any atom is 0.253 e. The van der Waals surface area contributed by atoms with Crippen LogP contribution in [0.2, 0.25) is 0 Å². The van der Waals surface area contributed by atoms with Gasteiger partial charge in [-0.3, -0.25) is 4.79 Å². The van der Waals surface area contributed by atoms with Crippen molar-refractivity contribution in [2.24, 2.45) is 0 Å². The lowest BCUT2D eigenvalue weighted by Gasteiger charge is -2.24. The number of ether oxygens (including phenoxy) is 1. The Balaban J connectivity index is 1.38. The van der Waals surface area contributed by atoms with Crippen molar-refractivity contribution < 1.29 is 9.53 Å². The van der Waals surface area contributed by atoms with Crippen molar-refractivity contribution in [1.82, 2.24) is 10.2 Å². The smallest absolute Gasteiger partial charge is 0.253 e. The molecule has 1 saturated heterocycles. The van der Waals surface area contributed by atoms with Gasteiger partial charge in [-0.05, 0) is 79.6 Å². The number of fused-ring (bicyclic) bond motifs is 1. The van der Waals surface area contributed by atoms with Crippen LogP contribution >= 0.6 is 0 Å². The van der Waals surface area contributed by atoms with Crippen molar-refractivity contribution in [2.45, 2.75) is 57.5 Å². The lowest BCUT2D eigenvalue weighted by molar-refractivity contribution is 0.0737. The second-order valence-corrected chi connectivity index (χ2v) is 8.38. The zero-order valence-corrected chi connectivity index (χ0v) is 17.6. The average molecular weight is 393 g/mol. The number of nitrogens with one attached hydrogen (secondary N) is 1. The number of amides is 1. The quantitative estimate of drug-likeness (QED) is 0.704. The average Bonchev–Trinajstić information content (AvgIpc) is 3.42. The van der Waals surface area contributed by atoms with Gasteiger partial charge in [0.2, 0.25) is 0 Å². The molecule has 1 fully saturated rings. The minimum absolute atomic E-state index is 0.0839. The molecule has 0 bridgehead atoms. The van der Waals surface area contributed by atoms with Gasteiger partial charge in [0, 0.05) is 24.7 Å². The fraction of sp³-hybridized carbons (Fsp3) is 0.480. The molecule has 2 aliphatic rings. The Bertz CT molecular complexity index is 840. The molecule has 29 heavy (non-hydrogen) atoms. The van der Waals surface area contributed by atoms with Gasteiger partial charge >= 0.3 is 0 Å². The summed E-state index contributed by atoms with van der Waals surface area (Å²) in [6.07, 6.45) is 6.52. The number of carbonyl (C=O) groups excluding carboxylic acids is 1. The topological polar surface area (TPSA) is 41.6 Å². The molecule has 0 spiro atoms. The molecule has 1 amide bonds. The molecule has 4 rings (SSSR count). The first kappa shape index (κ1) is 20.0. The van der Waals surface area contributed by atoms with E-state index in [0.717, 1.165) is 50.1 Å². The van der Waals surface area contributed by atoms with E-state index < -0.39 is 0 Å². The van der Waals surface area contributed by atoms with E-state index in [9.17, 15) is 4.79 Å². The molecule has 1 heterocycles. The van der Waals surface area contributed by atoms with E-state index in [1.54, 1.807) is 0 Å². The minimum atomic E-state index is 0.0839. The molecular weight excluding hydrogens is 360 g/mol. The first-order valence-electron chi connectivity index (χ1n) is 11.0. The van der Waals surface area contributed by atoms with Crippen LogP contribution in [0.4, 0.5) is 0 Å². The summed E-state index contributed by atoms with van der Waals surface area (Å²) >= 11 is 0. The van der Waals surface area contributed by atoms with Gasteiger partial charge in [0.15, 0.2) is 0 Å². The molecule has 1 aliphatic heterocycles. The number of carbonyl (C=O) groups is 1. The van der Waals surface area contributed by atoms with Gasteiger partial charge < -0.3 is 15.0 Å². The molecule has 2 aromatic carbocycles. The van der Waals surface area contributed by atoms with Gasteiger partial charge in [0.25, 0.3) is 5.91 Å². The Hall–Kier alpha value is -2.33. The van der Waals surface area contributed by atoms with Crippen LogP contribution in [0, 0.1) is 0 Å². The summed E-state index contributed by atoms with van der Waals surface area (Å²) in [6.45, 7) is 3.99. The van der Waals surface area contributed by atoms with Crippen LogP contribution < -0.4 is 10.1 Å². The zero-order valence-electron chi connectivity index (χ0n) is 17.6. The summed E-state index contributed by atoms with van der Waals surface area (Å²) < 4.78 is 5.71. The molecule has 2 atom stereocenters. The van der Waals surface area contributed by atoms with Crippen LogP contribution in [-0.2, 0) is 12.8 Å². The third kappa shape index (κ3) is 4.48. The molecule has 1 unspecified atom stereocenters. The number of nitrogens with zero attached hydrogens (tertiary/aromatic N) is 1. The van der Waals surface area contributed by atoms with E-state index in [-0.39, 0.29) is 11.9 Å². The Morgan fingerprint density at radius 2 is 1.93 bits per heavy atom. The fourth-order valence-electron chi connectivity index (χ4n) is 4.47. The van der Waals surface area contributed by atoms with Crippen molar-refractivity contribution in [3.63, 3.8) is 0 Å². The summed E-state index contributed by atoms with van der Waals surface area (Å²) in [6, 6.07) is 15.2. The molecule has 2 aromatic rings. The van der Waals surface area contributed by atoms with E-state index in [4.69, 9.17) is 4.74 Å². The highest BCUT2D eigenvalue weighted by Crippen LogP contribution is 2.31.